The van der Waals surface area contributed by atoms with Gasteiger partial charge < -0.3 is 15.0 Å². The van der Waals surface area contributed by atoms with Crippen molar-refractivity contribution in [2.75, 3.05) is 7.11 Å². The van der Waals surface area contributed by atoms with E-state index in [0.29, 0.717) is 5.75 Å². The first-order chi connectivity index (χ1) is 14.9. The molecule has 1 aliphatic heterocycles. The number of ether oxygens (including phenoxy) is 1. The molecule has 2 N–H and O–H groups in total. The van der Waals surface area contributed by atoms with Gasteiger partial charge in [-0.2, -0.15) is 0 Å². The number of methoxy groups -OCH3 is 1. The Morgan fingerprint density at radius 1 is 1.19 bits per heavy atom. The third kappa shape index (κ3) is 3.92. The molecule has 1 atom stereocenters. The number of imidazole rings is 1. The number of nitrogens with two attached hydrogens (primary N) is 1. The summed E-state index contributed by atoms with van der Waals surface area (Å²) >= 11 is 0. The van der Waals surface area contributed by atoms with E-state index in [9.17, 15) is 9.18 Å². The zero-order chi connectivity index (χ0) is 22.1. The third-order valence-electron chi connectivity index (χ3n) is 5.16. The zero-order valence-electron chi connectivity index (χ0n) is 17.4. The minimum atomic E-state index is -0.385. The Morgan fingerprint density at radius 2 is 1.94 bits per heavy atom. The van der Waals surface area contributed by atoms with Gasteiger partial charge in [0.25, 0.3) is 5.91 Å². The summed E-state index contributed by atoms with van der Waals surface area (Å²) in [7, 11) is 1.59. The average molecular weight is 419 g/mol. The predicted octanol–water partition coefficient (Wildman–Crippen LogP) is 3.59. The Bertz CT molecular complexity index is 1200. The monoisotopic (exact) mass is 419 g/mol. The smallest absolute Gasteiger partial charge is 0.279 e. The van der Waals surface area contributed by atoms with Gasteiger partial charge in [-0.15, -0.1) is 0 Å². The highest BCUT2D eigenvalue weighted by molar-refractivity contribution is 6.13. The van der Waals surface area contributed by atoms with Gasteiger partial charge in [-0.05, 0) is 55.3 Å². The van der Waals surface area contributed by atoms with Crippen LogP contribution in [0.5, 0.6) is 5.75 Å². The van der Waals surface area contributed by atoms with Crippen LogP contribution in [0.1, 0.15) is 29.8 Å². The molecule has 1 aromatic heterocycles. The minimum Gasteiger partial charge on any atom is -0.495 e. The first-order valence-electron chi connectivity index (χ1n) is 9.71. The number of nitrogens with zero attached hydrogens (tertiary/aromatic N) is 4. The van der Waals surface area contributed by atoms with E-state index >= 15 is 0 Å². The van der Waals surface area contributed by atoms with Gasteiger partial charge in [0.1, 0.15) is 17.3 Å². The quantitative estimate of drug-likeness (QED) is 0.641. The van der Waals surface area contributed by atoms with Gasteiger partial charge in [-0.1, -0.05) is 18.2 Å². The van der Waals surface area contributed by atoms with Gasteiger partial charge in [-0.3, -0.25) is 9.69 Å². The second kappa shape index (κ2) is 8.06. The van der Waals surface area contributed by atoms with Crippen LogP contribution in [0.4, 0.5) is 4.39 Å². The fourth-order valence-electron chi connectivity index (χ4n) is 3.52. The predicted molar refractivity (Wildman–Crippen MR) is 116 cm³/mol. The van der Waals surface area contributed by atoms with Crippen LogP contribution in [0, 0.1) is 12.7 Å². The number of carbonyl (C=O) groups is 1. The van der Waals surface area contributed by atoms with Crippen molar-refractivity contribution < 1.29 is 13.9 Å². The topological polar surface area (TPSA) is 85.7 Å². The van der Waals surface area contributed by atoms with Crippen molar-refractivity contribution in [3.8, 4) is 11.4 Å². The summed E-state index contributed by atoms with van der Waals surface area (Å²) < 4.78 is 20.6. The Kier molecular flexibility index (Phi) is 5.29. The van der Waals surface area contributed by atoms with Crippen LogP contribution in [0.25, 0.3) is 11.8 Å². The molecule has 0 bridgehead atoms. The number of aryl methyl sites for hydroxylation is 1. The maximum atomic E-state index is 13.2. The molecule has 0 saturated heterocycles. The molecule has 158 valence electrons. The number of guanidine groups is 1. The SMILES string of the molecule is COc1cc(/C=C2\N=C(N)N([C@H](C)c3ccc(F)cc3)C2=O)ccc1-n1cnc(C)c1. The van der Waals surface area contributed by atoms with Crippen molar-refractivity contribution in [2.24, 2.45) is 10.7 Å². The number of halogens is 1. The Labute approximate surface area is 179 Å². The van der Waals surface area contributed by atoms with E-state index in [1.807, 2.05) is 42.8 Å². The summed E-state index contributed by atoms with van der Waals surface area (Å²) in [6.45, 7) is 3.73. The van der Waals surface area contributed by atoms with Gasteiger partial charge >= 0.3 is 0 Å². The molecule has 7 nitrogen and oxygen atoms in total. The average Bonchev–Trinajstić information content (AvgIpc) is 3.30. The highest BCUT2D eigenvalue weighted by Crippen LogP contribution is 2.29. The molecule has 1 aliphatic rings. The first-order valence-corrected chi connectivity index (χ1v) is 9.71. The van der Waals surface area contributed by atoms with E-state index in [-0.39, 0.29) is 29.4 Å². The molecular formula is C23H22FN5O2. The van der Waals surface area contributed by atoms with E-state index in [1.165, 1.54) is 17.0 Å². The number of aromatic nitrogens is 2. The van der Waals surface area contributed by atoms with Crippen LogP contribution in [0.2, 0.25) is 0 Å². The van der Waals surface area contributed by atoms with E-state index in [1.54, 1.807) is 31.6 Å². The molecule has 0 unspecified atom stereocenters. The maximum absolute atomic E-state index is 13.2. The van der Waals surface area contributed by atoms with Crippen molar-refractivity contribution >= 4 is 17.9 Å². The number of carbonyl (C=O) groups excluding carboxylic acids is 1. The van der Waals surface area contributed by atoms with Crippen molar-refractivity contribution in [3.05, 3.63) is 83.3 Å². The molecular weight excluding hydrogens is 397 g/mol. The van der Waals surface area contributed by atoms with Crippen LogP contribution in [0.15, 0.2) is 65.7 Å². The van der Waals surface area contributed by atoms with E-state index in [4.69, 9.17) is 10.5 Å². The third-order valence-corrected chi connectivity index (χ3v) is 5.16. The lowest BCUT2D eigenvalue weighted by Crippen LogP contribution is -2.39. The lowest BCUT2D eigenvalue weighted by Gasteiger charge is -2.24. The van der Waals surface area contributed by atoms with Crippen LogP contribution in [0.3, 0.4) is 0 Å². The second-order valence-electron chi connectivity index (χ2n) is 7.26. The molecule has 0 aliphatic carbocycles. The molecule has 0 radical (unpaired) electrons. The molecule has 4 rings (SSSR count). The van der Waals surface area contributed by atoms with Crippen molar-refractivity contribution in [2.45, 2.75) is 19.9 Å². The number of hydrogen-bond donors (Lipinski definition) is 1. The molecule has 0 spiro atoms. The molecule has 0 fully saturated rings. The number of aliphatic imine (C=N–C) groups is 1. The number of benzene rings is 2. The lowest BCUT2D eigenvalue weighted by molar-refractivity contribution is -0.124. The first kappa shape index (κ1) is 20.3. The van der Waals surface area contributed by atoms with E-state index in [0.717, 1.165) is 22.5 Å². The molecule has 3 aromatic rings. The van der Waals surface area contributed by atoms with Gasteiger partial charge in [0.05, 0.1) is 30.9 Å². The van der Waals surface area contributed by atoms with Gasteiger partial charge in [-0.25, -0.2) is 14.4 Å². The standard InChI is InChI=1S/C23H22FN5O2/c1-14-12-28(13-26-14)20-9-4-16(11-21(20)31-3)10-19-22(30)29(23(25)27-19)15(2)17-5-7-18(24)8-6-17/h4-13,15H,1-3H3,(H2,25,27)/b19-10-/t15-/m1/s1. The largest absolute Gasteiger partial charge is 0.495 e. The summed E-state index contributed by atoms with van der Waals surface area (Å²) in [6.07, 6.45) is 5.28. The molecule has 1 amide bonds. The Hall–Kier alpha value is -3.94. The summed E-state index contributed by atoms with van der Waals surface area (Å²) in [4.78, 5) is 22.9. The molecule has 31 heavy (non-hydrogen) atoms. The van der Waals surface area contributed by atoms with Gasteiger partial charge in [0.2, 0.25) is 5.96 Å². The molecule has 0 saturated carbocycles. The van der Waals surface area contributed by atoms with Crippen molar-refractivity contribution in [3.63, 3.8) is 0 Å². The summed E-state index contributed by atoms with van der Waals surface area (Å²) in [6, 6.07) is 11.2. The van der Waals surface area contributed by atoms with Gasteiger partial charge in [0, 0.05) is 6.20 Å². The summed E-state index contributed by atoms with van der Waals surface area (Å²) in [5, 5.41) is 0. The number of hydrogen-bond acceptors (Lipinski definition) is 5. The fraction of sp³-hybridized carbons (Fsp3) is 0.174. The van der Waals surface area contributed by atoms with E-state index in [2.05, 4.69) is 9.98 Å². The van der Waals surface area contributed by atoms with Crippen molar-refractivity contribution in [1.29, 1.82) is 0 Å². The highest BCUT2D eigenvalue weighted by Gasteiger charge is 2.33. The Morgan fingerprint density at radius 3 is 2.58 bits per heavy atom. The zero-order valence-corrected chi connectivity index (χ0v) is 17.4. The van der Waals surface area contributed by atoms with Gasteiger partial charge in [0.15, 0.2) is 0 Å². The molecule has 2 aromatic carbocycles. The van der Waals surface area contributed by atoms with Crippen LogP contribution >= 0.6 is 0 Å². The summed E-state index contributed by atoms with van der Waals surface area (Å²) in [5.41, 5.74) is 9.50. The van der Waals surface area contributed by atoms with Crippen LogP contribution in [-0.2, 0) is 4.79 Å². The fourth-order valence-corrected chi connectivity index (χ4v) is 3.52. The molecule has 8 heteroatoms. The van der Waals surface area contributed by atoms with Crippen molar-refractivity contribution in [1.82, 2.24) is 14.5 Å². The van der Waals surface area contributed by atoms with E-state index < -0.39 is 0 Å². The maximum Gasteiger partial charge on any atom is 0.279 e. The highest BCUT2D eigenvalue weighted by atomic mass is 19.1. The minimum absolute atomic E-state index is 0.102. The Balaban J connectivity index is 1.62. The number of amides is 1. The van der Waals surface area contributed by atoms with Crippen LogP contribution in [-0.4, -0.2) is 33.4 Å². The normalized spacial score (nSPS) is 16.0. The lowest BCUT2D eigenvalue weighted by atomic mass is 10.1. The number of rotatable bonds is 5. The summed E-state index contributed by atoms with van der Waals surface area (Å²) in [5.74, 6) is 0.0769. The molecule has 2 heterocycles. The second-order valence-corrected chi connectivity index (χ2v) is 7.26. The van der Waals surface area contributed by atoms with Crippen LogP contribution < -0.4 is 10.5 Å².